The van der Waals surface area contributed by atoms with Crippen molar-refractivity contribution in [2.75, 3.05) is 7.05 Å². The van der Waals surface area contributed by atoms with Gasteiger partial charge in [-0.3, -0.25) is 4.79 Å². The van der Waals surface area contributed by atoms with Crippen molar-refractivity contribution in [2.45, 2.75) is 19.1 Å². The smallest absolute Gasteiger partial charge is 0.264 e. The Bertz CT molecular complexity index is 555. The molecule has 1 unspecified atom stereocenters. The van der Waals surface area contributed by atoms with E-state index in [1.807, 2.05) is 42.8 Å². The van der Waals surface area contributed by atoms with Gasteiger partial charge in [0.15, 0.2) is 6.10 Å². The fourth-order valence-electron chi connectivity index (χ4n) is 2.30. The first-order valence-electron chi connectivity index (χ1n) is 6.24. The average molecular weight is 273 g/mol. The molecular formula is C15H15NO2S. The summed E-state index contributed by atoms with van der Waals surface area (Å²) in [6, 6.07) is 9.88. The Morgan fingerprint density at radius 1 is 1.42 bits per heavy atom. The van der Waals surface area contributed by atoms with Crippen molar-refractivity contribution in [3.8, 4) is 5.75 Å². The lowest BCUT2D eigenvalue weighted by Crippen LogP contribution is -2.38. The van der Waals surface area contributed by atoms with Crippen LogP contribution < -0.4 is 4.74 Å². The van der Waals surface area contributed by atoms with Crippen LogP contribution in [0.3, 0.4) is 0 Å². The topological polar surface area (TPSA) is 29.5 Å². The molecule has 0 radical (unpaired) electrons. The fraction of sp³-hybridized carbons (Fsp3) is 0.267. The van der Waals surface area contributed by atoms with E-state index in [4.69, 9.17) is 4.74 Å². The lowest BCUT2D eigenvalue weighted by molar-refractivity contribution is -0.137. The zero-order valence-corrected chi connectivity index (χ0v) is 11.5. The van der Waals surface area contributed by atoms with Gasteiger partial charge in [-0.15, -0.1) is 0 Å². The van der Waals surface area contributed by atoms with Crippen LogP contribution in [0.15, 0.2) is 41.1 Å². The van der Waals surface area contributed by atoms with E-state index < -0.39 is 0 Å². The number of para-hydroxylation sites is 1. The SMILES string of the molecule is CN(Cc1ccsc1)C(=O)C1Cc2ccccc2O1. The normalized spacial score (nSPS) is 16.8. The molecule has 3 nitrogen and oxygen atoms in total. The Morgan fingerprint density at radius 2 is 2.26 bits per heavy atom. The second-order valence-electron chi connectivity index (χ2n) is 4.74. The van der Waals surface area contributed by atoms with E-state index in [2.05, 4.69) is 5.38 Å². The highest BCUT2D eigenvalue weighted by molar-refractivity contribution is 7.07. The molecule has 0 saturated heterocycles. The number of amides is 1. The monoisotopic (exact) mass is 273 g/mol. The van der Waals surface area contributed by atoms with Gasteiger partial charge in [-0.05, 0) is 34.0 Å². The van der Waals surface area contributed by atoms with Gasteiger partial charge in [0.2, 0.25) is 0 Å². The maximum absolute atomic E-state index is 12.3. The van der Waals surface area contributed by atoms with E-state index in [1.165, 1.54) is 0 Å². The first-order chi connectivity index (χ1) is 9.24. The summed E-state index contributed by atoms with van der Waals surface area (Å²) < 4.78 is 5.72. The Labute approximate surface area is 116 Å². The van der Waals surface area contributed by atoms with Crippen molar-refractivity contribution >= 4 is 17.2 Å². The number of rotatable bonds is 3. The quantitative estimate of drug-likeness (QED) is 0.860. The molecule has 19 heavy (non-hydrogen) atoms. The van der Waals surface area contributed by atoms with Gasteiger partial charge in [0, 0.05) is 20.0 Å². The third-order valence-electron chi connectivity index (χ3n) is 3.30. The molecule has 0 fully saturated rings. The van der Waals surface area contributed by atoms with Gasteiger partial charge >= 0.3 is 0 Å². The van der Waals surface area contributed by atoms with Gasteiger partial charge in [0.25, 0.3) is 5.91 Å². The fourth-order valence-corrected chi connectivity index (χ4v) is 2.96. The van der Waals surface area contributed by atoms with Gasteiger partial charge in [-0.1, -0.05) is 18.2 Å². The molecule has 1 amide bonds. The summed E-state index contributed by atoms with van der Waals surface area (Å²) in [5, 5.41) is 4.09. The number of ether oxygens (including phenoxy) is 1. The van der Waals surface area contributed by atoms with Crippen molar-refractivity contribution in [2.24, 2.45) is 0 Å². The van der Waals surface area contributed by atoms with Crippen LogP contribution in [0.25, 0.3) is 0 Å². The first kappa shape index (κ1) is 12.2. The van der Waals surface area contributed by atoms with Crippen LogP contribution in [0.1, 0.15) is 11.1 Å². The Balaban J connectivity index is 1.66. The Kier molecular flexibility index (Phi) is 3.25. The van der Waals surface area contributed by atoms with Crippen LogP contribution in [0, 0.1) is 0 Å². The minimum Gasteiger partial charge on any atom is -0.480 e. The number of thiophene rings is 1. The van der Waals surface area contributed by atoms with Gasteiger partial charge < -0.3 is 9.64 Å². The zero-order valence-electron chi connectivity index (χ0n) is 10.7. The number of fused-ring (bicyclic) bond motifs is 1. The van der Waals surface area contributed by atoms with Crippen LogP contribution >= 0.6 is 11.3 Å². The molecule has 1 aliphatic heterocycles. The van der Waals surface area contributed by atoms with Crippen molar-refractivity contribution in [3.05, 3.63) is 52.2 Å². The minimum atomic E-state index is -0.374. The number of hydrogen-bond acceptors (Lipinski definition) is 3. The summed E-state index contributed by atoms with van der Waals surface area (Å²) in [6.07, 6.45) is 0.296. The molecule has 2 heterocycles. The van der Waals surface area contributed by atoms with Crippen molar-refractivity contribution < 1.29 is 9.53 Å². The largest absolute Gasteiger partial charge is 0.480 e. The van der Waals surface area contributed by atoms with Crippen LogP contribution in [-0.2, 0) is 17.8 Å². The number of nitrogens with zero attached hydrogens (tertiary/aromatic N) is 1. The first-order valence-corrected chi connectivity index (χ1v) is 7.19. The minimum absolute atomic E-state index is 0.0439. The molecule has 98 valence electrons. The third kappa shape index (κ3) is 2.49. The molecule has 3 rings (SSSR count). The Hall–Kier alpha value is -1.81. The highest BCUT2D eigenvalue weighted by Gasteiger charge is 2.30. The summed E-state index contributed by atoms with van der Waals surface area (Å²) in [6.45, 7) is 0.637. The number of carbonyl (C=O) groups excluding carboxylic acids is 1. The molecule has 1 aromatic heterocycles. The van der Waals surface area contributed by atoms with Crippen LogP contribution in [0.2, 0.25) is 0 Å². The summed E-state index contributed by atoms with van der Waals surface area (Å²) in [4.78, 5) is 14.1. The second kappa shape index (κ2) is 5.05. The highest BCUT2D eigenvalue weighted by Crippen LogP contribution is 2.29. The predicted octanol–water partition coefficient (Wildman–Crippen LogP) is 2.71. The molecule has 1 aromatic carbocycles. The molecule has 0 saturated carbocycles. The predicted molar refractivity (Wildman–Crippen MR) is 75.4 cm³/mol. The number of benzene rings is 1. The van der Waals surface area contributed by atoms with Gasteiger partial charge in [0.05, 0.1) is 0 Å². The van der Waals surface area contributed by atoms with E-state index in [0.29, 0.717) is 13.0 Å². The molecule has 2 aromatic rings. The van der Waals surface area contributed by atoms with Crippen LogP contribution in [0.4, 0.5) is 0 Å². The lowest BCUT2D eigenvalue weighted by atomic mass is 10.1. The van der Waals surface area contributed by atoms with E-state index in [-0.39, 0.29) is 12.0 Å². The number of hydrogen-bond donors (Lipinski definition) is 0. The van der Waals surface area contributed by atoms with Gasteiger partial charge in [-0.25, -0.2) is 0 Å². The van der Waals surface area contributed by atoms with Gasteiger partial charge in [0.1, 0.15) is 5.75 Å². The van der Waals surface area contributed by atoms with Crippen molar-refractivity contribution in [1.29, 1.82) is 0 Å². The Morgan fingerprint density at radius 3 is 3.00 bits per heavy atom. The van der Waals surface area contributed by atoms with Crippen molar-refractivity contribution in [1.82, 2.24) is 4.90 Å². The lowest BCUT2D eigenvalue weighted by Gasteiger charge is -2.20. The molecular weight excluding hydrogens is 258 g/mol. The number of carbonyl (C=O) groups is 1. The molecule has 1 aliphatic rings. The molecule has 4 heteroatoms. The summed E-state index contributed by atoms with van der Waals surface area (Å²) in [5.74, 6) is 0.882. The second-order valence-corrected chi connectivity index (χ2v) is 5.52. The molecule has 1 atom stereocenters. The maximum Gasteiger partial charge on any atom is 0.264 e. The van der Waals surface area contributed by atoms with E-state index in [9.17, 15) is 4.79 Å². The van der Waals surface area contributed by atoms with Crippen LogP contribution in [0.5, 0.6) is 5.75 Å². The van der Waals surface area contributed by atoms with Gasteiger partial charge in [-0.2, -0.15) is 11.3 Å². The van der Waals surface area contributed by atoms with Crippen LogP contribution in [-0.4, -0.2) is 24.0 Å². The summed E-state index contributed by atoms with van der Waals surface area (Å²) in [7, 11) is 1.83. The average Bonchev–Trinajstić information content (AvgIpc) is 3.05. The zero-order chi connectivity index (χ0) is 13.2. The van der Waals surface area contributed by atoms with E-state index >= 15 is 0 Å². The standard InChI is InChI=1S/C15H15NO2S/c1-16(9-11-6-7-19-10-11)15(17)14-8-12-4-2-3-5-13(12)18-14/h2-7,10,14H,8-9H2,1H3. The summed E-state index contributed by atoms with van der Waals surface area (Å²) in [5.41, 5.74) is 2.28. The molecule has 0 bridgehead atoms. The highest BCUT2D eigenvalue weighted by atomic mass is 32.1. The van der Waals surface area contributed by atoms with E-state index in [1.54, 1.807) is 16.2 Å². The number of likely N-dealkylation sites (N-methyl/N-ethyl adjacent to an activating group) is 1. The maximum atomic E-state index is 12.3. The van der Waals surface area contributed by atoms with E-state index in [0.717, 1.165) is 16.9 Å². The van der Waals surface area contributed by atoms with Crippen molar-refractivity contribution in [3.63, 3.8) is 0 Å². The third-order valence-corrected chi connectivity index (χ3v) is 4.03. The molecule has 0 aliphatic carbocycles. The summed E-state index contributed by atoms with van der Waals surface area (Å²) >= 11 is 1.65. The molecule has 0 N–H and O–H groups in total. The molecule has 0 spiro atoms.